The van der Waals surface area contributed by atoms with Gasteiger partial charge in [0.05, 0.1) is 11.0 Å². The molecule has 1 aromatic carbocycles. The van der Waals surface area contributed by atoms with E-state index in [1.165, 1.54) is 18.2 Å². The Morgan fingerprint density at radius 1 is 1.65 bits per heavy atom. The fourth-order valence-corrected chi connectivity index (χ4v) is 1.17. The molecule has 6 nitrogen and oxygen atoms in total. The summed E-state index contributed by atoms with van der Waals surface area (Å²) < 4.78 is 5.36. The number of rotatable bonds is 4. The van der Waals surface area contributed by atoms with Gasteiger partial charge in [-0.15, -0.1) is 0 Å². The van der Waals surface area contributed by atoms with Crippen LogP contribution in [0.2, 0.25) is 0 Å². The molecule has 1 aromatic rings. The smallest absolute Gasteiger partial charge is 0.269 e. The van der Waals surface area contributed by atoms with E-state index in [4.69, 9.17) is 15.7 Å². The predicted molar refractivity (Wildman–Crippen MR) is 61.5 cm³/mol. The molecule has 1 atom stereocenters. The summed E-state index contributed by atoms with van der Waals surface area (Å²) in [5.74, 6) is 0.488. The fraction of sp³-hybridized carbons (Fsp3) is 0.364. The molecule has 0 saturated carbocycles. The number of nitrogens with two attached hydrogens (primary N) is 1. The van der Waals surface area contributed by atoms with Crippen LogP contribution in [0, 0.1) is 28.4 Å². The topological polar surface area (TPSA) is 102 Å². The largest absolute Gasteiger partial charge is 0.490 e. The standard InChI is InChI=1S/C11H13N3O3/c1-8-5-9(14(15)16)3-4-10(8)17-7-11(2,13)6-12/h3-5H,7,13H2,1-2H3. The van der Waals surface area contributed by atoms with Crippen LogP contribution in [0.15, 0.2) is 18.2 Å². The molecule has 6 heteroatoms. The normalized spacial score (nSPS) is 13.5. The van der Waals surface area contributed by atoms with Gasteiger partial charge < -0.3 is 10.5 Å². The van der Waals surface area contributed by atoms with Crippen LogP contribution in [0.25, 0.3) is 0 Å². The van der Waals surface area contributed by atoms with Gasteiger partial charge in [-0.1, -0.05) is 0 Å². The van der Waals surface area contributed by atoms with Gasteiger partial charge in [0.15, 0.2) is 0 Å². The second kappa shape index (κ2) is 4.80. The zero-order chi connectivity index (χ0) is 13.1. The van der Waals surface area contributed by atoms with E-state index >= 15 is 0 Å². The zero-order valence-corrected chi connectivity index (χ0v) is 9.64. The molecule has 1 rings (SSSR count). The second-order valence-corrected chi connectivity index (χ2v) is 4.02. The van der Waals surface area contributed by atoms with Gasteiger partial charge >= 0.3 is 0 Å². The van der Waals surface area contributed by atoms with E-state index < -0.39 is 10.5 Å². The van der Waals surface area contributed by atoms with E-state index in [9.17, 15) is 10.1 Å². The first kappa shape index (κ1) is 12.9. The van der Waals surface area contributed by atoms with Crippen LogP contribution >= 0.6 is 0 Å². The van der Waals surface area contributed by atoms with Crippen molar-refractivity contribution in [3.8, 4) is 11.8 Å². The summed E-state index contributed by atoms with van der Waals surface area (Å²) in [6, 6.07) is 6.17. The highest BCUT2D eigenvalue weighted by Crippen LogP contribution is 2.23. The van der Waals surface area contributed by atoms with Gasteiger partial charge in [-0.3, -0.25) is 10.1 Å². The van der Waals surface area contributed by atoms with Crippen molar-refractivity contribution in [3.05, 3.63) is 33.9 Å². The SMILES string of the molecule is Cc1cc([N+](=O)[O-])ccc1OCC(C)(N)C#N. The number of hydrogen-bond acceptors (Lipinski definition) is 5. The van der Waals surface area contributed by atoms with Crippen molar-refractivity contribution in [2.24, 2.45) is 5.73 Å². The van der Waals surface area contributed by atoms with Crippen LogP contribution in [-0.4, -0.2) is 17.1 Å². The second-order valence-electron chi connectivity index (χ2n) is 4.02. The molecule has 0 spiro atoms. The van der Waals surface area contributed by atoms with E-state index in [0.717, 1.165) is 0 Å². The minimum Gasteiger partial charge on any atom is -0.490 e. The summed E-state index contributed by atoms with van der Waals surface area (Å²) in [5, 5.41) is 19.2. The summed E-state index contributed by atoms with van der Waals surface area (Å²) in [4.78, 5) is 10.1. The lowest BCUT2D eigenvalue weighted by Gasteiger charge is -2.17. The third-order valence-corrected chi connectivity index (χ3v) is 2.15. The number of nitro benzene ring substituents is 1. The zero-order valence-electron chi connectivity index (χ0n) is 9.64. The highest BCUT2D eigenvalue weighted by atomic mass is 16.6. The number of nitriles is 1. The molecular formula is C11H13N3O3. The summed E-state index contributed by atoms with van der Waals surface area (Å²) >= 11 is 0. The predicted octanol–water partition coefficient (Wildman–Crippen LogP) is 1.52. The van der Waals surface area contributed by atoms with Crippen molar-refractivity contribution < 1.29 is 9.66 Å². The van der Waals surface area contributed by atoms with Crippen LogP contribution in [0.5, 0.6) is 5.75 Å². The molecule has 0 radical (unpaired) electrons. The third-order valence-electron chi connectivity index (χ3n) is 2.15. The Morgan fingerprint density at radius 2 is 2.29 bits per heavy atom. The number of nitrogens with zero attached hydrogens (tertiary/aromatic N) is 2. The lowest BCUT2D eigenvalue weighted by molar-refractivity contribution is -0.384. The Bertz CT molecular complexity index is 477. The molecule has 0 heterocycles. The number of aryl methyl sites for hydroxylation is 1. The van der Waals surface area contributed by atoms with Crippen molar-refractivity contribution in [1.82, 2.24) is 0 Å². The third kappa shape index (κ3) is 3.43. The maximum atomic E-state index is 10.5. The van der Waals surface area contributed by atoms with Gasteiger partial charge in [-0.05, 0) is 25.5 Å². The molecular weight excluding hydrogens is 222 g/mol. The molecule has 90 valence electrons. The summed E-state index contributed by atoms with van der Waals surface area (Å²) in [6.07, 6.45) is 0. The van der Waals surface area contributed by atoms with Crippen LogP contribution in [0.4, 0.5) is 5.69 Å². The molecule has 0 aromatic heterocycles. The quantitative estimate of drug-likeness (QED) is 0.629. The highest BCUT2D eigenvalue weighted by molar-refractivity contribution is 5.43. The van der Waals surface area contributed by atoms with Crippen molar-refractivity contribution in [2.45, 2.75) is 19.4 Å². The van der Waals surface area contributed by atoms with Gasteiger partial charge in [0, 0.05) is 12.1 Å². The van der Waals surface area contributed by atoms with Gasteiger partial charge in [0.25, 0.3) is 5.69 Å². The number of hydrogen-bond donors (Lipinski definition) is 1. The Labute approximate surface area is 98.8 Å². The highest BCUT2D eigenvalue weighted by Gasteiger charge is 2.19. The van der Waals surface area contributed by atoms with E-state index in [1.54, 1.807) is 13.8 Å². The summed E-state index contributed by atoms with van der Waals surface area (Å²) in [5.41, 5.74) is 5.16. The van der Waals surface area contributed by atoms with Crippen LogP contribution in [0.3, 0.4) is 0 Å². The van der Waals surface area contributed by atoms with Gasteiger partial charge in [-0.2, -0.15) is 5.26 Å². The molecule has 0 aliphatic rings. The molecule has 0 amide bonds. The number of nitro groups is 1. The Kier molecular flexibility index (Phi) is 3.66. The van der Waals surface area contributed by atoms with Crippen LogP contribution in [-0.2, 0) is 0 Å². The van der Waals surface area contributed by atoms with Crippen LogP contribution in [0.1, 0.15) is 12.5 Å². The van der Waals surface area contributed by atoms with Gasteiger partial charge in [0.2, 0.25) is 0 Å². The maximum absolute atomic E-state index is 10.5. The molecule has 0 fully saturated rings. The lowest BCUT2D eigenvalue weighted by atomic mass is 10.1. The number of non-ortho nitro benzene ring substituents is 1. The minimum absolute atomic E-state index is 0.00523. The first-order valence-corrected chi connectivity index (χ1v) is 4.94. The number of ether oxygens (including phenoxy) is 1. The van der Waals surface area contributed by atoms with Crippen molar-refractivity contribution in [2.75, 3.05) is 6.61 Å². The Hall–Kier alpha value is -2.13. The van der Waals surface area contributed by atoms with Gasteiger partial charge in [0.1, 0.15) is 17.9 Å². The van der Waals surface area contributed by atoms with Crippen molar-refractivity contribution in [3.63, 3.8) is 0 Å². The molecule has 0 saturated heterocycles. The number of benzene rings is 1. The Morgan fingerprint density at radius 3 is 2.76 bits per heavy atom. The minimum atomic E-state index is -1.08. The first-order chi connectivity index (χ1) is 7.85. The molecule has 0 bridgehead atoms. The average Bonchev–Trinajstić information content (AvgIpc) is 2.27. The first-order valence-electron chi connectivity index (χ1n) is 4.94. The van der Waals surface area contributed by atoms with Crippen molar-refractivity contribution in [1.29, 1.82) is 5.26 Å². The van der Waals surface area contributed by atoms with Crippen LogP contribution < -0.4 is 10.5 Å². The van der Waals surface area contributed by atoms with Crippen molar-refractivity contribution >= 4 is 5.69 Å². The van der Waals surface area contributed by atoms with E-state index in [-0.39, 0.29) is 12.3 Å². The van der Waals surface area contributed by atoms with Gasteiger partial charge in [-0.25, -0.2) is 0 Å². The Balaban J connectivity index is 2.81. The van der Waals surface area contributed by atoms with E-state index in [2.05, 4.69) is 0 Å². The molecule has 0 aliphatic heterocycles. The van der Waals surface area contributed by atoms with E-state index in [0.29, 0.717) is 11.3 Å². The van der Waals surface area contributed by atoms with E-state index in [1.807, 2.05) is 6.07 Å². The average molecular weight is 235 g/mol. The summed E-state index contributed by atoms with van der Waals surface area (Å²) in [6.45, 7) is 3.28. The molecule has 2 N–H and O–H groups in total. The lowest BCUT2D eigenvalue weighted by Crippen LogP contribution is -2.40. The molecule has 17 heavy (non-hydrogen) atoms. The monoisotopic (exact) mass is 235 g/mol. The summed E-state index contributed by atoms with van der Waals surface area (Å²) in [7, 11) is 0. The fourth-order valence-electron chi connectivity index (χ4n) is 1.17. The molecule has 1 unspecified atom stereocenters. The maximum Gasteiger partial charge on any atom is 0.269 e. The molecule has 0 aliphatic carbocycles.